The van der Waals surface area contributed by atoms with Gasteiger partial charge in [-0.1, -0.05) is 30.3 Å². The Morgan fingerprint density at radius 3 is 1.97 bits per heavy atom. The van der Waals surface area contributed by atoms with Crippen molar-refractivity contribution in [3.8, 4) is 5.75 Å². The Hall–Kier alpha value is -3.93. The number of phenols is 1. The number of nitrogens with one attached hydrogen (secondary N) is 1. The molecule has 0 saturated heterocycles. The molecule has 2 N–H and O–H groups in total. The van der Waals surface area contributed by atoms with Crippen molar-refractivity contribution in [2.24, 2.45) is 0 Å². The first-order valence-electron chi connectivity index (χ1n) is 11.0. The van der Waals surface area contributed by atoms with E-state index in [4.69, 9.17) is 0 Å². The van der Waals surface area contributed by atoms with Crippen LogP contribution in [0.3, 0.4) is 0 Å². The van der Waals surface area contributed by atoms with E-state index >= 15 is 0 Å². The van der Waals surface area contributed by atoms with Crippen molar-refractivity contribution in [3.63, 3.8) is 0 Å². The van der Waals surface area contributed by atoms with Gasteiger partial charge in [-0.3, -0.25) is 14.4 Å². The maximum absolute atomic E-state index is 12.9. The molecule has 0 fully saturated rings. The number of aromatic hydroxyl groups is 1. The Morgan fingerprint density at radius 2 is 1.36 bits per heavy atom. The average molecular weight is 445 g/mol. The van der Waals surface area contributed by atoms with Gasteiger partial charge in [-0.15, -0.1) is 0 Å². The number of hydrogen-bond donors (Lipinski definition) is 2. The zero-order valence-electron chi connectivity index (χ0n) is 18.9. The summed E-state index contributed by atoms with van der Waals surface area (Å²) in [7, 11) is 0. The highest BCUT2D eigenvalue weighted by molar-refractivity contribution is 6.15. The van der Waals surface area contributed by atoms with Gasteiger partial charge in [0.25, 0.3) is 11.8 Å². The smallest absolute Gasteiger partial charge is 0.253 e. The van der Waals surface area contributed by atoms with Crippen LogP contribution in [0.4, 0.5) is 0 Å². The van der Waals surface area contributed by atoms with Gasteiger partial charge in [0.15, 0.2) is 5.78 Å². The van der Waals surface area contributed by atoms with E-state index in [2.05, 4.69) is 5.32 Å². The molecule has 3 aromatic carbocycles. The number of rotatable bonds is 9. The molecule has 0 heterocycles. The Kier molecular flexibility index (Phi) is 7.97. The molecule has 0 aliphatic rings. The first kappa shape index (κ1) is 23.7. The summed E-state index contributed by atoms with van der Waals surface area (Å²) in [6.45, 7) is 5.63. The SMILES string of the molecule is CCN(CC)C(=O)c1ccc(CCNC(=O)c2ccccc2C(=O)c2ccc(O)cc2)cc1. The lowest BCUT2D eigenvalue weighted by atomic mass is 9.98. The molecule has 2 amide bonds. The molecule has 0 atom stereocenters. The molecule has 3 rings (SSSR count). The van der Waals surface area contributed by atoms with Gasteiger partial charge in [-0.2, -0.15) is 0 Å². The van der Waals surface area contributed by atoms with Crippen LogP contribution in [0.2, 0.25) is 0 Å². The second-order valence-corrected chi connectivity index (χ2v) is 7.60. The zero-order chi connectivity index (χ0) is 23.8. The molecule has 0 saturated carbocycles. The summed E-state index contributed by atoms with van der Waals surface area (Å²) in [6.07, 6.45) is 0.597. The topological polar surface area (TPSA) is 86.7 Å². The minimum atomic E-state index is -0.328. The molecule has 0 aromatic heterocycles. The second kappa shape index (κ2) is 11.1. The number of carbonyl (C=O) groups excluding carboxylic acids is 3. The summed E-state index contributed by atoms with van der Waals surface area (Å²) in [4.78, 5) is 39.8. The van der Waals surface area contributed by atoms with Gasteiger partial charge < -0.3 is 15.3 Å². The van der Waals surface area contributed by atoms with Crippen LogP contribution in [0.15, 0.2) is 72.8 Å². The van der Waals surface area contributed by atoms with E-state index in [0.29, 0.717) is 48.3 Å². The summed E-state index contributed by atoms with van der Waals surface area (Å²) in [6, 6.07) is 20.0. The van der Waals surface area contributed by atoms with Crippen LogP contribution >= 0.6 is 0 Å². The van der Waals surface area contributed by atoms with Crippen molar-refractivity contribution in [3.05, 3.63) is 101 Å². The van der Waals surface area contributed by atoms with Crippen LogP contribution < -0.4 is 5.32 Å². The van der Waals surface area contributed by atoms with E-state index in [1.807, 2.05) is 38.1 Å². The number of phenolic OH excluding ortho intramolecular Hbond substituents is 1. The fraction of sp³-hybridized carbons (Fsp3) is 0.222. The largest absolute Gasteiger partial charge is 0.508 e. The number of hydrogen-bond acceptors (Lipinski definition) is 4. The van der Waals surface area contributed by atoms with E-state index in [1.165, 1.54) is 24.3 Å². The van der Waals surface area contributed by atoms with Gasteiger partial charge >= 0.3 is 0 Å². The Bertz CT molecular complexity index is 1120. The van der Waals surface area contributed by atoms with Crippen molar-refractivity contribution >= 4 is 17.6 Å². The molecule has 33 heavy (non-hydrogen) atoms. The Morgan fingerprint density at radius 1 is 0.788 bits per heavy atom. The lowest BCUT2D eigenvalue weighted by Gasteiger charge is -2.18. The molecule has 170 valence electrons. The average Bonchev–Trinajstić information content (AvgIpc) is 2.85. The summed E-state index contributed by atoms with van der Waals surface area (Å²) >= 11 is 0. The third kappa shape index (κ3) is 5.86. The first-order valence-corrected chi connectivity index (χ1v) is 11.0. The molecular formula is C27H28N2O4. The maximum Gasteiger partial charge on any atom is 0.253 e. The van der Waals surface area contributed by atoms with Gasteiger partial charge in [0, 0.05) is 36.3 Å². The quantitative estimate of drug-likeness (QED) is 0.487. The molecule has 0 spiro atoms. The summed E-state index contributed by atoms with van der Waals surface area (Å²) in [5.41, 5.74) is 2.65. The maximum atomic E-state index is 12.9. The monoisotopic (exact) mass is 444 g/mol. The highest BCUT2D eigenvalue weighted by Gasteiger charge is 2.18. The van der Waals surface area contributed by atoms with Crippen molar-refractivity contribution in [2.45, 2.75) is 20.3 Å². The number of amides is 2. The number of carbonyl (C=O) groups is 3. The van der Waals surface area contributed by atoms with Crippen LogP contribution in [0.5, 0.6) is 5.75 Å². The Labute approximate surface area is 193 Å². The molecule has 0 unspecified atom stereocenters. The van der Waals surface area contributed by atoms with Crippen LogP contribution in [0, 0.1) is 0 Å². The van der Waals surface area contributed by atoms with E-state index in [1.54, 1.807) is 29.2 Å². The molecule has 0 aliphatic carbocycles. The van der Waals surface area contributed by atoms with Crippen LogP contribution in [-0.4, -0.2) is 47.2 Å². The number of nitrogens with zero attached hydrogens (tertiary/aromatic N) is 1. The highest BCUT2D eigenvalue weighted by Crippen LogP contribution is 2.17. The number of ketones is 1. The standard InChI is InChI=1S/C27H28N2O4/c1-3-29(4-2)27(33)21-11-9-19(10-12-21)17-18-28-26(32)24-8-6-5-7-23(24)25(31)20-13-15-22(30)16-14-20/h5-16,30H,3-4,17-18H2,1-2H3,(H,28,32). The molecule has 3 aromatic rings. The molecule has 0 radical (unpaired) electrons. The number of benzene rings is 3. The summed E-state index contributed by atoms with van der Waals surface area (Å²) in [5.74, 6) is -0.530. The van der Waals surface area contributed by atoms with Crippen molar-refractivity contribution in [2.75, 3.05) is 19.6 Å². The van der Waals surface area contributed by atoms with E-state index in [9.17, 15) is 19.5 Å². The molecule has 6 nitrogen and oxygen atoms in total. The van der Waals surface area contributed by atoms with Gasteiger partial charge in [-0.25, -0.2) is 0 Å². The highest BCUT2D eigenvalue weighted by atomic mass is 16.3. The fourth-order valence-corrected chi connectivity index (χ4v) is 3.57. The second-order valence-electron chi connectivity index (χ2n) is 7.60. The van der Waals surface area contributed by atoms with E-state index in [0.717, 1.165) is 5.56 Å². The molecule has 6 heteroatoms. The normalized spacial score (nSPS) is 10.5. The molecule has 0 aliphatic heterocycles. The van der Waals surface area contributed by atoms with Crippen LogP contribution in [0.25, 0.3) is 0 Å². The minimum absolute atomic E-state index is 0.00903. The summed E-state index contributed by atoms with van der Waals surface area (Å²) in [5, 5.41) is 12.3. The molecular weight excluding hydrogens is 416 g/mol. The van der Waals surface area contributed by atoms with Crippen LogP contribution in [0.1, 0.15) is 56.0 Å². The van der Waals surface area contributed by atoms with Gasteiger partial charge in [0.1, 0.15) is 5.75 Å². The van der Waals surface area contributed by atoms with Crippen molar-refractivity contribution < 1.29 is 19.5 Å². The van der Waals surface area contributed by atoms with Gasteiger partial charge in [0.05, 0.1) is 5.56 Å². The minimum Gasteiger partial charge on any atom is -0.508 e. The summed E-state index contributed by atoms with van der Waals surface area (Å²) < 4.78 is 0. The Balaban J connectivity index is 1.62. The van der Waals surface area contributed by atoms with Crippen molar-refractivity contribution in [1.82, 2.24) is 10.2 Å². The van der Waals surface area contributed by atoms with Gasteiger partial charge in [-0.05, 0) is 68.3 Å². The predicted octanol–water partition coefficient (Wildman–Crippen LogP) is 4.08. The third-order valence-electron chi connectivity index (χ3n) is 5.50. The van der Waals surface area contributed by atoms with Gasteiger partial charge in [0.2, 0.25) is 0 Å². The lowest BCUT2D eigenvalue weighted by Crippen LogP contribution is -2.30. The lowest BCUT2D eigenvalue weighted by molar-refractivity contribution is 0.0772. The zero-order valence-corrected chi connectivity index (χ0v) is 18.9. The van der Waals surface area contributed by atoms with E-state index < -0.39 is 0 Å². The van der Waals surface area contributed by atoms with Crippen LogP contribution in [-0.2, 0) is 6.42 Å². The predicted molar refractivity (Wildman–Crippen MR) is 128 cm³/mol. The van der Waals surface area contributed by atoms with E-state index in [-0.39, 0.29) is 23.3 Å². The third-order valence-corrected chi connectivity index (χ3v) is 5.50. The van der Waals surface area contributed by atoms with Crippen molar-refractivity contribution in [1.29, 1.82) is 0 Å². The first-order chi connectivity index (χ1) is 15.9. The fourth-order valence-electron chi connectivity index (χ4n) is 3.57. The molecule has 0 bridgehead atoms.